The second kappa shape index (κ2) is 25.7. The smallest absolute Gasteiger partial charge is 0.872 e. The summed E-state index contributed by atoms with van der Waals surface area (Å²) in [6.07, 6.45) is 18.1. The van der Waals surface area contributed by atoms with E-state index < -0.39 is 0 Å². The summed E-state index contributed by atoms with van der Waals surface area (Å²) in [7, 11) is 0. The minimum Gasteiger partial charge on any atom is -0.872 e. The fourth-order valence-electron chi connectivity index (χ4n) is 7.82. The largest absolute Gasteiger partial charge is 1.00 e. The van der Waals surface area contributed by atoms with Crippen LogP contribution in [-0.2, 0) is 38.5 Å². The van der Waals surface area contributed by atoms with Crippen LogP contribution in [0.5, 0.6) is 23.0 Å². The minimum atomic E-state index is -0.0525. The van der Waals surface area contributed by atoms with E-state index in [2.05, 4.69) is 38.1 Å². The van der Waals surface area contributed by atoms with Crippen molar-refractivity contribution >= 4 is 0 Å². The molecular formula is C48H64K2O4. The van der Waals surface area contributed by atoms with Crippen LogP contribution in [0.4, 0.5) is 0 Å². The number of benzene rings is 4. The molecule has 4 rings (SSSR count). The third kappa shape index (κ3) is 14.9. The molecule has 0 saturated carbocycles. The number of phenols is 2. The minimum absolute atomic E-state index is 0. The zero-order chi connectivity index (χ0) is 37.6. The standard InChI is InChI=1S/C48H66O4.2K/c1-7-10-12-14-16-18-20-36-26-38(9-3)46(50)42(27-36)32-44-29-37(21-19-17-15-13-11-8-2)28-43(48(44)52)31-41-25-34(5)24-40(47(41)51)30-39-23-33(4)22-35(6)45(39)49;;/h22-29,49-52H,7-21,30-32H2,1-6H3;;/q;2*+1/p-2. The van der Waals surface area contributed by atoms with Gasteiger partial charge >= 0.3 is 103 Å². The van der Waals surface area contributed by atoms with Crippen molar-refractivity contribution in [2.24, 2.45) is 0 Å². The maximum absolute atomic E-state index is 14.0. The van der Waals surface area contributed by atoms with E-state index in [1.165, 1.54) is 63.4 Å². The predicted octanol–water partition coefficient (Wildman–Crippen LogP) is 5.32. The average Bonchev–Trinajstić information content (AvgIpc) is 3.11. The Morgan fingerprint density at radius 2 is 0.778 bits per heavy atom. The van der Waals surface area contributed by atoms with E-state index in [-0.39, 0.29) is 126 Å². The van der Waals surface area contributed by atoms with Crippen LogP contribution in [0.15, 0.2) is 48.5 Å². The van der Waals surface area contributed by atoms with Gasteiger partial charge in [0.05, 0.1) is 0 Å². The van der Waals surface area contributed by atoms with Crippen LogP contribution < -0.4 is 113 Å². The van der Waals surface area contributed by atoms with Crippen LogP contribution in [0.2, 0.25) is 0 Å². The van der Waals surface area contributed by atoms with E-state index in [1.54, 1.807) is 0 Å². The maximum atomic E-state index is 14.0. The first-order valence-electron chi connectivity index (χ1n) is 20.3. The van der Waals surface area contributed by atoms with Crippen molar-refractivity contribution in [2.75, 3.05) is 0 Å². The third-order valence-corrected chi connectivity index (χ3v) is 10.7. The van der Waals surface area contributed by atoms with Gasteiger partial charge in [-0.2, -0.15) is 0 Å². The van der Waals surface area contributed by atoms with Crippen molar-refractivity contribution in [3.8, 4) is 23.0 Å². The fourth-order valence-corrected chi connectivity index (χ4v) is 7.82. The molecule has 0 fully saturated rings. The van der Waals surface area contributed by atoms with Crippen LogP contribution in [0, 0.1) is 20.8 Å². The molecule has 0 aliphatic rings. The Bertz CT molecular complexity index is 1760. The summed E-state index contributed by atoms with van der Waals surface area (Å²) < 4.78 is 0. The summed E-state index contributed by atoms with van der Waals surface area (Å²) in [6.45, 7) is 12.4. The van der Waals surface area contributed by atoms with Crippen molar-refractivity contribution in [1.82, 2.24) is 0 Å². The van der Waals surface area contributed by atoms with Crippen molar-refractivity contribution in [2.45, 2.75) is 157 Å². The van der Waals surface area contributed by atoms with Crippen LogP contribution in [0.25, 0.3) is 0 Å². The number of phenolic OH excluding ortho intramolecular Hbond substituents is 2. The van der Waals surface area contributed by atoms with E-state index in [4.69, 9.17) is 0 Å². The Kier molecular flexibility index (Phi) is 23.5. The summed E-state index contributed by atoms with van der Waals surface area (Å²) in [5.74, 6) is 0.442. The number of aryl methyl sites for hydroxylation is 6. The zero-order valence-electron chi connectivity index (χ0n) is 35.1. The van der Waals surface area contributed by atoms with Crippen molar-refractivity contribution < 1.29 is 123 Å². The molecule has 2 N–H and O–H groups in total. The molecule has 0 amide bonds. The Labute approximate surface area is 412 Å². The number of hydrogen-bond acceptors (Lipinski definition) is 4. The summed E-state index contributed by atoms with van der Waals surface area (Å²) in [6, 6.07) is 16.1. The predicted molar refractivity (Wildman–Crippen MR) is 214 cm³/mol. The molecule has 0 aliphatic carbocycles. The normalized spacial score (nSPS) is 11.0. The van der Waals surface area contributed by atoms with Crippen LogP contribution in [0.3, 0.4) is 0 Å². The van der Waals surface area contributed by atoms with Gasteiger partial charge in [0.25, 0.3) is 0 Å². The van der Waals surface area contributed by atoms with Crippen LogP contribution in [0.1, 0.15) is 165 Å². The number of aromatic hydroxyl groups is 2. The summed E-state index contributed by atoms with van der Waals surface area (Å²) in [5, 5.41) is 50.3. The maximum Gasteiger partial charge on any atom is 1.00 e. The third-order valence-electron chi connectivity index (χ3n) is 10.7. The topological polar surface area (TPSA) is 86.6 Å². The first-order chi connectivity index (χ1) is 25.0. The Balaban J connectivity index is 0.00000504. The molecule has 0 saturated heterocycles. The second-order valence-corrected chi connectivity index (χ2v) is 15.4. The molecule has 4 aromatic carbocycles. The molecule has 0 aromatic heterocycles. The molecule has 0 aliphatic heterocycles. The van der Waals surface area contributed by atoms with Crippen molar-refractivity contribution in [1.29, 1.82) is 0 Å². The van der Waals surface area contributed by atoms with Gasteiger partial charge in [-0.1, -0.05) is 167 Å². The first kappa shape index (κ1) is 49.5. The van der Waals surface area contributed by atoms with Gasteiger partial charge in [0, 0.05) is 19.3 Å². The van der Waals surface area contributed by atoms with E-state index in [0.717, 1.165) is 82.2 Å². The van der Waals surface area contributed by atoms with Crippen LogP contribution >= 0.6 is 0 Å². The van der Waals surface area contributed by atoms with E-state index >= 15 is 0 Å². The molecule has 0 unspecified atom stereocenters. The van der Waals surface area contributed by atoms with E-state index in [1.807, 2.05) is 52.0 Å². The molecule has 0 bridgehead atoms. The van der Waals surface area contributed by atoms with Gasteiger partial charge in [-0.05, 0) is 86.3 Å². The van der Waals surface area contributed by atoms with Gasteiger partial charge in [-0.3, -0.25) is 0 Å². The first-order valence-corrected chi connectivity index (χ1v) is 20.3. The molecule has 0 radical (unpaired) electrons. The SMILES string of the molecule is CCCCCCCCc1cc(CC)c([O-])c(Cc2cc(CCCCCCCC)cc(Cc3cc(C)cc(Cc4cc(C)cc(C)c4O)c3[O-])c2O)c1.[K+].[K+]. The molecule has 0 atom stereocenters. The van der Waals surface area contributed by atoms with Gasteiger partial charge in [-0.15, -0.1) is 11.5 Å². The number of hydrogen-bond donors (Lipinski definition) is 2. The molecular weight excluding hydrogens is 719 g/mol. The van der Waals surface area contributed by atoms with Crippen LogP contribution in [-0.4, -0.2) is 10.2 Å². The van der Waals surface area contributed by atoms with Gasteiger partial charge < -0.3 is 20.4 Å². The second-order valence-electron chi connectivity index (χ2n) is 15.4. The Hall–Kier alpha value is -0.647. The van der Waals surface area contributed by atoms with Crippen molar-refractivity contribution in [3.05, 3.63) is 115 Å². The molecule has 0 heterocycles. The summed E-state index contributed by atoms with van der Waals surface area (Å²) in [4.78, 5) is 0. The quantitative estimate of drug-likeness (QED) is 0.0887. The van der Waals surface area contributed by atoms with E-state index in [9.17, 15) is 20.4 Å². The van der Waals surface area contributed by atoms with Crippen molar-refractivity contribution in [3.63, 3.8) is 0 Å². The Morgan fingerprint density at radius 3 is 1.26 bits per heavy atom. The molecule has 282 valence electrons. The van der Waals surface area contributed by atoms with Gasteiger partial charge in [0.15, 0.2) is 0 Å². The Morgan fingerprint density at radius 1 is 0.426 bits per heavy atom. The molecule has 4 aromatic rings. The molecule has 0 spiro atoms. The molecule has 54 heavy (non-hydrogen) atoms. The molecule has 6 heteroatoms. The zero-order valence-corrected chi connectivity index (χ0v) is 41.3. The monoisotopic (exact) mass is 782 g/mol. The number of rotatable bonds is 21. The van der Waals surface area contributed by atoms with Gasteiger partial charge in [0.2, 0.25) is 0 Å². The average molecular weight is 783 g/mol. The van der Waals surface area contributed by atoms with Gasteiger partial charge in [-0.25, -0.2) is 0 Å². The summed E-state index contributed by atoms with van der Waals surface area (Å²) in [5.41, 5.74) is 10.3. The van der Waals surface area contributed by atoms with E-state index in [0.29, 0.717) is 36.8 Å². The van der Waals surface area contributed by atoms with Gasteiger partial charge in [0.1, 0.15) is 11.5 Å². The fraction of sp³-hybridized carbons (Fsp3) is 0.500. The number of unbranched alkanes of at least 4 members (excludes halogenated alkanes) is 10. The summed E-state index contributed by atoms with van der Waals surface area (Å²) >= 11 is 0. The molecule has 4 nitrogen and oxygen atoms in total.